The van der Waals surface area contributed by atoms with Gasteiger partial charge in [-0.25, -0.2) is 13.9 Å². The van der Waals surface area contributed by atoms with E-state index < -0.39 is 0 Å². The standard InChI is InChI=1S/C40H42FN7O4S/c1-40(2,3)34-24-36(48(46-34)28-12-10-13-29(23-28)50-21-22-52-37-17-8-9-20-51-37)43-39(49)42-25-27-11-4-7-16-33(27)53-30-18-19-35-44-45-38(47(35)26-30)31-14-5-6-15-32(31)41/h4-7,10-16,18-19,23-24,26,37H,8-9,17,20-22,25H2,1-3H3,(H2,42,43,49). The van der Waals surface area contributed by atoms with Gasteiger partial charge >= 0.3 is 6.03 Å². The van der Waals surface area contributed by atoms with Crippen LogP contribution < -0.4 is 15.4 Å². The van der Waals surface area contributed by atoms with Gasteiger partial charge in [-0.05, 0) is 67.3 Å². The lowest BCUT2D eigenvalue weighted by atomic mass is 9.92. The fourth-order valence-electron chi connectivity index (χ4n) is 5.89. The van der Waals surface area contributed by atoms with Crippen molar-refractivity contribution in [1.82, 2.24) is 29.7 Å². The Bertz CT molecular complexity index is 2190. The topological polar surface area (TPSA) is 117 Å². The van der Waals surface area contributed by atoms with Crippen molar-refractivity contribution in [2.45, 2.75) is 68.1 Å². The molecule has 0 aliphatic carbocycles. The number of fused-ring (bicyclic) bond motifs is 1. The number of aromatic nitrogens is 5. The van der Waals surface area contributed by atoms with Crippen molar-refractivity contribution in [3.8, 4) is 22.8 Å². The third kappa shape index (κ3) is 8.87. The molecule has 3 aromatic carbocycles. The first-order valence-corrected chi connectivity index (χ1v) is 18.5. The number of benzene rings is 3. The molecular formula is C40H42FN7O4S. The molecule has 0 radical (unpaired) electrons. The fourth-order valence-corrected chi connectivity index (χ4v) is 6.86. The summed E-state index contributed by atoms with van der Waals surface area (Å²) in [5.41, 5.74) is 3.23. The first-order valence-electron chi connectivity index (χ1n) is 17.7. The zero-order valence-corrected chi connectivity index (χ0v) is 30.7. The molecule has 53 heavy (non-hydrogen) atoms. The number of ether oxygens (including phenoxy) is 3. The number of hydrogen-bond acceptors (Lipinski definition) is 8. The second-order valence-corrected chi connectivity index (χ2v) is 14.8. The molecule has 2 amide bonds. The molecule has 3 aromatic heterocycles. The van der Waals surface area contributed by atoms with Crippen molar-refractivity contribution >= 4 is 29.3 Å². The predicted molar refractivity (Wildman–Crippen MR) is 202 cm³/mol. The van der Waals surface area contributed by atoms with Crippen LogP contribution in [0.1, 0.15) is 51.3 Å². The molecule has 1 aliphatic heterocycles. The third-order valence-corrected chi connectivity index (χ3v) is 9.80. The molecular weight excluding hydrogens is 694 g/mol. The van der Waals surface area contributed by atoms with Gasteiger partial charge in [0.05, 0.1) is 23.6 Å². The smallest absolute Gasteiger partial charge is 0.320 e. The summed E-state index contributed by atoms with van der Waals surface area (Å²) in [5, 5.41) is 19.4. The molecule has 1 aliphatic rings. The molecule has 1 saturated heterocycles. The highest BCUT2D eigenvalue weighted by atomic mass is 32.2. The van der Waals surface area contributed by atoms with E-state index in [1.54, 1.807) is 27.3 Å². The van der Waals surface area contributed by atoms with Gasteiger partial charge in [-0.15, -0.1) is 10.2 Å². The summed E-state index contributed by atoms with van der Waals surface area (Å²) in [6.45, 7) is 8.06. The van der Waals surface area contributed by atoms with E-state index in [-0.39, 0.29) is 30.1 Å². The van der Waals surface area contributed by atoms with E-state index in [2.05, 4.69) is 41.6 Å². The quantitative estimate of drug-likeness (QED) is 0.120. The van der Waals surface area contributed by atoms with Crippen LogP contribution >= 0.6 is 11.8 Å². The Morgan fingerprint density at radius 2 is 1.83 bits per heavy atom. The normalized spacial score (nSPS) is 14.7. The van der Waals surface area contributed by atoms with Gasteiger partial charge in [0.25, 0.3) is 0 Å². The molecule has 13 heteroatoms. The highest BCUT2D eigenvalue weighted by Gasteiger charge is 2.22. The van der Waals surface area contributed by atoms with Gasteiger partial charge in [0.1, 0.15) is 24.0 Å². The van der Waals surface area contributed by atoms with E-state index in [1.807, 2.05) is 72.9 Å². The fraction of sp³-hybridized carbons (Fsp3) is 0.300. The number of pyridine rings is 1. The minimum Gasteiger partial charge on any atom is -0.491 e. The molecule has 1 fully saturated rings. The maximum absolute atomic E-state index is 14.6. The van der Waals surface area contributed by atoms with Gasteiger partial charge in [0, 0.05) is 46.7 Å². The lowest BCUT2D eigenvalue weighted by Crippen LogP contribution is -2.29. The molecule has 2 N–H and O–H groups in total. The Morgan fingerprint density at radius 3 is 2.66 bits per heavy atom. The predicted octanol–water partition coefficient (Wildman–Crippen LogP) is 8.41. The molecule has 11 nitrogen and oxygen atoms in total. The van der Waals surface area contributed by atoms with Gasteiger partial charge in [-0.2, -0.15) is 5.10 Å². The van der Waals surface area contributed by atoms with Crippen molar-refractivity contribution in [2.24, 2.45) is 0 Å². The Balaban J connectivity index is 1.02. The number of carbonyl (C=O) groups excluding carboxylic acids is 1. The number of nitrogens with zero attached hydrogens (tertiary/aromatic N) is 5. The number of anilines is 1. The van der Waals surface area contributed by atoms with Crippen molar-refractivity contribution in [3.63, 3.8) is 0 Å². The van der Waals surface area contributed by atoms with Gasteiger partial charge in [-0.3, -0.25) is 9.72 Å². The van der Waals surface area contributed by atoms with Crippen LogP contribution in [-0.4, -0.2) is 56.5 Å². The molecule has 4 heterocycles. The maximum atomic E-state index is 14.6. The molecule has 1 unspecified atom stereocenters. The molecule has 0 bridgehead atoms. The van der Waals surface area contributed by atoms with Crippen molar-refractivity contribution in [1.29, 1.82) is 0 Å². The van der Waals surface area contributed by atoms with Crippen LogP contribution in [-0.2, 0) is 21.4 Å². The monoisotopic (exact) mass is 735 g/mol. The average Bonchev–Trinajstić information content (AvgIpc) is 3.78. The Morgan fingerprint density at radius 1 is 0.981 bits per heavy atom. The zero-order chi connectivity index (χ0) is 36.8. The average molecular weight is 736 g/mol. The molecule has 274 valence electrons. The highest BCUT2D eigenvalue weighted by Crippen LogP contribution is 2.32. The first kappa shape index (κ1) is 36.1. The van der Waals surface area contributed by atoms with E-state index in [0.717, 1.165) is 52.6 Å². The summed E-state index contributed by atoms with van der Waals surface area (Å²) in [4.78, 5) is 15.3. The van der Waals surface area contributed by atoms with Crippen LogP contribution in [0.4, 0.5) is 15.0 Å². The van der Waals surface area contributed by atoms with Crippen LogP contribution in [0.3, 0.4) is 0 Å². The van der Waals surface area contributed by atoms with Crippen LogP contribution in [0.2, 0.25) is 0 Å². The number of nitrogens with one attached hydrogen (secondary N) is 2. The minimum atomic E-state index is -0.374. The van der Waals surface area contributed by atoms with E-state index >= 15 is 0 Å². The van der Waals surface area contributed by atoms with Crippen LogP contribution in [0.5, 0.6) is 5.75 Å². The van der Waals surface area contributed by atoms with Crippen molar-refractivity contribution < 1.29 is 23.4 Å². The number of halogens is 1. The molecule has 6 aromatic rings. The largest absolute Gasteiger partial charge is 0.491 e. The maximum Gasteiger partial charge on any atom is 0.320 e. The lowest BCUT2D eigenvalue weighted by molar-refractivity contribution is -0.165. The van der Waals surface area contributed by atoms with E-state index in [9.17, 15) is 9.18 Å². The van der Waals surface area contributed by atoms with Gasteiger partial charge in [-0.1, -0.05) is 68.9 Å². The van der Waals surface area contributed by atoms with Crippen LogP contribution in [0.25, 0.3) is 22.7 Å². The summed E-state index contributed by atoms with van der Waals surface area (Å²) in [7, 11) is 0. The molecule has 0 spiro atoms. The van der Waals surface area contributed by atoms with Gasteiger partial charge < -0.3 is 19.5 Å². The molecule has 7 rings (SSSR count). The summed E-state index contributed by atoms with van der Waals surface area (Å²) in [6, 6.07) is 27.3. The Labute approximate surface area is 311 Å². The summed E-state index contributed by atoms with van der Waals surface area (Å²) < 4.78 is 35.6. The Hall–Kier alpha value is -5.24. The number of hydrogen-bond donors (Lipinski definition) is 2. The van der Waals surface area contributed by atoms with Gasteiger partial charge in [0.15, 0.2) is 17.8 Å². The SMILES string of the molecule is CC(C)(C)c1cc(NC(=O)NCc2ccccc2Sc2ccc3nnc(-c4ccccc4F)n3c2)n(-c2cccc(OCCOC3CCCCO3)c2)n1. The van der Waals surface area contributed by atoms with Crippen LogP contribution in [0.15, 0.2) is 107 Å². The molecule has 0 saturated carbocycles. The van der Waals surface area contributed by atoms with Gasteiger partial charge in [0.2, 0.25) is 0 Å². The summed E-state index contributed by atoms with van der Waals surface area (Å²) in [6.07, 6.45) is 4.82. The number of carbonyl (C=O) groups is 1. The Kier molecular flexibility index (Phi) is 11.0. The van der Waals surface area contributed by atoms with Crippen molar-refractivity contribution in [3.05, 3.63) is 114 Å². The first-order chi connectivity index (χ1) is 25.7. The van der Waals surface area contributed by atoms with E-state index in [4.69, 9.17) is 19.3 Å². The number of amides is 2. The van der Waals surface area contributed by atoms with E-state index in [1.165, 1.54) is 17.8 Å². The van der Waals surface area contributed by atoms with Crippen LogP contribution in [0, 0.1) is 5.82 Å². The summed E-state index contributed by atoms with van der Waals surface area (Å²) in [5.74, 6) is 1.25. The minimum absolute atomic E-state index is 0.164. The van der Waals surface area contributed by atoms with Crippen molar-refractivity contribution in [2.75, 3.05) is 25.1 Å². The summed E-state index contributed by atoms with van der Waals surface area (Å²) >= 11 is 1.54. The second kappa shape index (κ2) is 16.2. The number of urea groups is 1. The van der Waals surface area contributed by atoms with E-state index in [0.29, 0.717) is 41.8 Å². The highest BCUT2D eigenvalue weighted by molar-refractivity contribution is 7.99. The number of rotatable bonds is 12. The molecule has 1 atom stereocenters. The second-order valence-electron chi connectivity index (χ2n) is 13.7. The third-order valence-electron chi connectivity index (χ3n) is 8.71. The zero-order valence-electron chi connectivity index (χ0n) is 29.9. The lowest BCUT2D eigenvalue weighted by Gasteiger charge is -2.22.